The zero-order chi connectivity index (χ0) is 20.2. The Bertz CT molecular complexity index is 1210. The Kier molecular flexibility index (Phi) is 4.09. The molecule has 1 heterocycles. The Labute approximate surface area is 172 Å². The third-order valence-corrected chi connectivity index (χ3v) is 6.50. The van der Waals surface area contributed by atoms with Crippen LogP contribution < -0.4 is 5.46 Å². The maximum Gasteiger partial charge on any atom is 0.495 e. The van der Waals surface area contributed by atoms with Crippen LogP contribution >= 0.6 is 0 Å². The fourth-order valence-corrected chi connectivity index (χ4v) is 4.03. The normalized spacial score (nSPS) is 17.9. The largest absolute Gasteiger partial charge is 0.495 e. The van der Waals surface area contributed by atoms with E-state index in [1.54, 1.807) is 0 Å². The van der Waals surface area contributed by atoms with E-state index < -0.39 is 0 Å². The Hall–Kier alpha value is -2.62. The number of hydrogen-bond donors (Lipinski definition) is 0. The van der Waals surface area contributed by atoms with Gasteiger partial charge in [0.25, 0.3) is 0 Å². The molecule has 3 heteroatoms. The molecular weight excluding hydrogens is 355 g/mol. The molecule has 4 aromatic carbocycles. The maximum absolute atomic E-state index is 6.30. The van der Waals surface area contributed by atoms with Crippen molar-refractivity contribution in [2.45, 2.75) is 38.9 Å². The van der Waals surface area contributed by atoms with Crippen LogP contribution in [0, 0.1) is 0 Å². The van der Waals surface area contributed by atoms with Gasteiger partial charge in [-0.25, -0.2) is 0 Å². The average Bonchev–Trinajstić information content (AvgIpc) is 2.93. The Morgan fingerprint density at radius 3 is 1.90 bits per heavy atom. The molecule has 0 N–H and O–H groups in total. The molecule has 0 bridgehead atoms. The molecule has 0 atom stereocenters. The molecule has 1 aliphatic heterocycles. The first-order chi connectivity index (χ1) is 13.8. The monoisotopic (exact) mass is 380 g/mol. The van der Waals surface area contributed by atoms with Crippen molar-refractivity contribution in [3.8, 4) is 11.1 Å². The van der Waals surface area contributed by atoms with Gasteiger partial charge in [-0.15, -0.1) is 0 Å². The molecular formula is C26H25BO2. The van der Waals surface area contributed by atoms with Crippen LogP contribution in [0.3, 0.4) is 0 Å². The summed E-state index contributed by atoms with van der Waals surface area (Å²) >= 11 is 0. The van der Waals surface area contributed by atoms with Crippen LogP contribution in [0.2, 0.25) is 0 Å². The molecule has 1 fully saturated rings. The molecule has 0 aromatic heterocycles. The molecule has 0 amide bonds. The minimum atomic E-state index is -0.352. The second kappa shape index (κ2) is 6.45. The standard InChI is InChI=1S/C26H25BO2/c1-25(2)26(3,4)29-27(28-25)24-11-7-10-22-17-21(14-15-23(22)24)20-13-12-18-8-5-6-9-19(18)16-20/h5-17H,1-4H3. The second-order valence-corrected chi connectivity index (χ2v) is 8.93. The molecule has 0 radical (unpaired) electrons. The third kappa shape index (κ3) is 3.06. The van der Waals surface area contributed by atoms with Crippen LogP contribution in [0.5, 0.6) is 0 Å². The molecule has 2 nitrogen and oxygen atoms in total. The molecule has 1 saturated heterocycles. The zero-order valence-corrected chi connectivity index (χ0v) is 17.4. The highest BCUT2D eigenvalue weighted by molar-refractivity contribution is 6.65. The SMILES string of the molecule is CC1(C)OB(c2cccc3cc(-c4ccc5ccccc5c4)ccc23)OC1(C)C. The van der Waals surface area contributed by atoms with Crippen LogP contribution in [-0.2, 0) is 9.31 Å². The number of hydrogen-bond acceptors (Lipinski definition) is 2. The first kappa shape index (κ1) is 18.4. The van der Waals surface area contributed by atoms with Gasteiger partial charge in [0.05, 0.1) is 11.2 Å². The van der Waals surface area contributed by atoms with Crippen LogP contribution in [0.25, 0.3) is 32.7 Å². The maximum atomic E-state index is 6.30. The number of rotatable bonds is 2. The summed E-state index contributed by atoms with van der Waals surface area (Å²) in [6, 6.07) is 28.1. The lowest BCUT2D eigenvalue weighted by atomic mass is 9.76. The molecule has 0 saturated carbocycles. The van der Waals surface area contributed by atoms with E-state index in [0.717, 1.165) is 5.46 Å². The van der Waals surface area contributed by atoms with Crippen LogP contribution in [0.15, 0.2) is 78.9 Å². The van der Waals surface area contributed by atoms with Gasteiger partial charge >= 0.3 is 7.12 Å². The first-order valence-electron chi connectivity index (χ1n) is 10.2. The molecule has 0 aliphatic carbocycles. The van der Waals surface area contributed by atoms with E-state index in [2.05, 4.69) is 107 Å². The fraction of sp³-hybridized carbons (Fsp3) is 0.231. The minimum Gasteiger partial charge on any atom is -0.399 e. The lowest BCUT2D eigenvalue weighted by Gasteiger charge is -2.32. The third-order valence-electron chi connectivity index (χ3n) is 6.50. The van der Waals surface area contributed by atoms with Crippen molar-refractivity contribution in [3.63, 3.8) is 0 Å². The van der Waals surface area contributed by atoms with Gasteiger partial charge in [0.2, 0.25) is 0 Å². The summed E-state index contributed by atoms with van der Waals surface area (Å²) in [5, 5.41) is 4.90. The quantitative estimate of drug-likeness (QED) is 0.400. The summed E-state index contributed by atoms with van der Waals surface area (Å²) in [7, 11) is -0.352. The van der Waals surface area contributed by atoms with E-state index in [1.165, 1.54) is 32.7 Å². The average molecular weight is 380 g/mol. The summed E-state index contributed by atoms with van der Waals surface area (Å²) in [4.78, 5) is 0. The predicted octanol–water partition coefficient (Wildman–Crippen LogP) is 5.96. The fourth-order valence-electron chi connectivity index (χ4n) is 4.03. The molecule has 0 spiro atoms. The van der Waals surface area contributed by atoms with Gasteiger partial charge in [-0.05, 0) is 78.0 Å². The summed E-state index contributed by atoms with van der Waals surface area (Å²) in [5.74, 6) is 0. The molecule has 4 aromatic rings. The van der Waals surface area contributed by atoms with Gasteiger partial charge in [-0.1, -0.05) is 66.7 Å². The van der Waals surface area contributed by atoms with Gasteiger partial charge in [0.15, 0.2) is 0 Å². The molecule has 144 valence electrons. The van der Waals surface area contributed by atoms with Gasteiger partial charge in [-0.2, -0.15) is 0 Å². The zero-order valence-electron chi connectivity index (χ0n) is 17.4. The Balaban J connectivity index is 1.57. The van der Waals surface area contributed by atoms with Crippen LogP contribution in [-0.4, -0.2) is 18.3 Å². The number of benzene rings is 4. The van der Waals surface area contributed by atoms with E-state index in [1.807, 2.05) is 0 Å². The van der Waals surface area contributed by atoms with E-state index in [4.69, 9.17) is 9.31 Å². The van der Waals surface area contributed by atoms with Crippen molar-refractivity contribution in [2.75, 3.05) is 0 Å². The van der Waals surface area contributed by atoms with E-state index in [0.29, 0.717) is 0 Å². The summed E-state index contributed by atoms with van der Waals surface area (Å²) in [5.41, 5.74) is 2.85. The van der Waals surface area contributed by atoms with E-state index in [9.17, 15) is 0 Å². The predicted molar refractivity (Wildman–Crippen MR) is 123 cm³/mol. The smallest absolute Gasteiger partial charge is 0.399 e. The highest BCUT2D eigenvalue weighted by Gasteiger charge is 2.52. The minimum absolute atomic E-state index is 0.342. The van der Waals surface area contributed by atoms with Crippen molar-refractivity contribution >= 4 is 34.1 Å². The highest BCUT2D eigenvalue weighted by atomic mass is 16.7. The topological polar surface area (TPSA) is 18.5 Å². The highest BCUT2D eigenvalue weighted by Crippen LogP contribution is 2.37. The van der Waals surface area contributed by atoms with Crippen molar-refractivity contribution in [2.24, 2.45) is 0 Å². The number of fused-ring (bicyclic) bond motifs is 2. The summed E-state index contributed by atoms with van der Waals surface area (Å²) in [6.07, 6.45) is 0. The molecule has 1 aliphatic rings. The lowest BCUT2D eigenvalue weighted by molar-refractivity contribution is 0.00578. The van der Waals surface area contributed by atoms with Gasteiger partial charge in [0.1, 0.15) is 0 Å². The van der Waals surface area contributed by atoms with Crippen molar-refractivity contribution in [3.05, 3.63) is 78.9 Å². The summed E-state index contributed by atoms with van der Waals surface area (Å²) < 4.78 is 12.6. The van der Waals surface area contributed by atoms with Crippen molar-refractivity contribution in [1.82, 2.24) is 0 Å². The van der Waals surface area contributed by atoms with Gasteiger partial charge < -0.3 is 9.31 Å². The van der Waals surface area contributed by atoms with Crippen LogP contribution in [0.1, 0.15) is 27.7 Å². The van der Waals surface area contributed by atoms with Gasteiger partial charge in [-0.3, -0.25) is 0 Å². The summed E-state index contributed by atoms with van der Waals surface area (Å²) in [6.45, 7) is 8.37. The van der Waals surface area contributed by atoms with Gasteiger partial charge in [0, 0.05) is 0 Å². The van der Waals surface area contributed by atoms with Crippen molar-refractivity contribution < 1.29 is 9.31 Å². The second-order valence-electron chi connectivity index (χ2n) is 8.93. The Morgan fingerprint density at radius 2 is 1.17 bits per heavy atom. The van der Waals surface area contributed by atoms with Crippen LogP contribution in [0.4, 0.5) is 0 Å². The molecule has 29 heavy (non-hydrogen) atoms. The lowest BCUT2D eigenvalue weighted by Crippen LogP contribution is -2.41. The molecule has 5 rings (SSSR count). The van der Waals surface area contributed by atoms with Crippen molar-refractivity contribution in [1.29, 1.82) is 0 Å². The van der Waals surface area contributed by atoms with E-state index in [-0.39, 0.29) is 18.3 Å². The molecule has 0 unspecified atom stereocenters. The Morgan fingerprint density at radius 1 is 0.586 bits per heavy atom. The van der Waals surface area contributed by atoms with E-state index >= 15 is 0 Å². The first-order valence-corrected chi connectivity index (χ1v) is 10.2.